The van der Waals surface area contributed by atoms with Gasteiger partial charge in [0.15, 0.2) is 0 Å². The smallest absolute Gasteiger partial charge is 0.254 e. The molecule has 0 spiro atoms. The Bertz CT molecular complexity index is 646. The Kier molecular flexibility index (Phi) is 5.61. The number of ether oxygens (including phenoxy) is 2. The van der Waals surface area contributed by atoms with E-state index >= 15 is 0 Å². The van der Waals surface area contributed by atoms with Crippen LogP contribution in [0.4, 0.5) is 4.39 Å². The van der Waals surface area contributed by atoms with Crippen LogP contribution in [0.1, 0.15) is 10.4 Å². The first kappa shape index (κ1) is 16.1. The molecule has 0 aromatic heterocycles. The number of amides is 1. The Labute approximate surface area is 132 Å². The molecule has 1 amide bonds. The molecule has 2 rings (SSSR count). The second-order valence-electron chi connectivity index (χ2n) is 4.40. The summed E-state index contributed by atoms with van der Waals surface area (Å²) in [6, 6.07) is 11.0. The van der Waals surface area contributed by atoms with Gasteiger partial charge in [-0.2, -0.15) is 0 Å². The molecule has 0 aliphatic rings. The molecule has 0 aliphatic heterocycles. The molecule has 4 nitrogen and oxygen atoms in total. The normalized spacial score (nSPS) is 10.1. The fraction of sp³-hybridized carbons (Fsp3) is 0.188. The van der Waals surface area contributed by atoms with Gasteiger partial charge in [-0.05, 0) is 36.4 Å². The number of benzene rings is 2. The molecule has 2 aromatic rings. The third kappa shape index (κ3) is 4.36. The van der Waals surface area contributed by atoms with Crippen LogP contribution in [0.3, 0.4) is 0 Å². The Morgan fingerprint density at radius 3 is 2.50 bits per heavy atom. The summed E-state index contributed by atoms with van der Waals surface area (Å²) in [5, 5.41) is 3.21. The number of rotatable bonds is 6. The van der Waals surface area contributed by atoms with Gasteiger partial charge in [-0.1, -0.05) is 11.6 Å². The number of halogens is 2. The van der Waals surface area contributed by atoms with Crippen LogP contribution in [0, 0.1) is 5.82 Å². The van der Waals surface area contributed by atoms with E-state index in [2.05, 4.69) is 5.32 Å². The standard InChI is InChI=1S/C16H15ClFNO3/c1-21-13-6-7-14(15(18)10-13)16(20)19-8-9-22-12-4-2-11(17)3-5-12/h2-7,10H,8-9H2,1H3,(H,19,20). The molecule has 0 aliphatic carbocycles. The first-order valence-corrected chi connectivity index (χ1v) is 6.98. The highest BCUT2D eigenvalue weighted by Crippen LogP contribution is 2.16. The van der Waals surface area contributed by atoms with E-state index in [1.807, 2.05) is 0 Å². The number of hydrogen-bond acceptors (Lipinski definition) is 3. The molecule has 1 N–H and O–H groups in total. The molecule has 0 bridgehead atoms. The lowest BCUT2D eigenvalue weighted by atomic mass is 10.2. The summed E-state index contributed by atoms with van der Waals surface area (Å²) in [6.45, 7) is 0.526. The molecular weight excluding hydrogens is 309 g/mol. The molecule has 0 radical (unpaired) electrons. The Balaban J connectivity index is 1.81. The third-order valence-corrected chi connectivity index (χ3v) is 3.14. The quantitative estimate of drug-likeness (QED) is 0.830. The van der Waals surface area contributed by atoms with E-state index in [1.54, 1.807) is 24.3 Å². The monoisotopic (exact) mass is 323 g/mol. The minimum absolute atomic E-state index is 0.0349. The fourth-order valence-corrected chi connectivity index (χ4v) is 1.89. The van der Waals surface area contributed by atoms with Crippen LogP contribution in [0.2, 0.25) is 5.02 Å². The van der Waals surface area contributed by atoms with Gasteiger partial charge in [-0.3, -0.25) is 4.79 Å². The summed E-state index contributed by atoms with van der Waals surface area (Å²) in [7, 11) is 1.43. The van der Waals surface area contributed by atoms with Crippen LogP contribution in [0.15, 0.2) is 42.5 Å². The number of methoxy groups -OCH3 is 1. The van der Waals surface area contributed by atoms with Gasteiger partial charge in [0.05, 0.1) is 19.2 Å². The SMILES string of the molecule is COc1ccc(C(=O)NCCOc2ccc(Cl)cc2)c(F)c1. The van der Waals surface area contributed by atoms with Crippen LogP contribution in [0.25, 0.3) is 0 Å². The predicted octanol–water partition coefficient (Wildman–Crippen LogP) is 3.30. The summed E-state index contributed by atoms with van der Waals surface area (Å²) in [4.78, 5) is 11.9. The molecule has 2 aromatic carbocycles. The number of hydrogen-bond donors (Lipinski definition) is 1. The minimum atomic E-state index is -0.629. The van der Waals surface area contributed by atoms with E-state index in [9.17, 15) is 9.18 Å². The molecule has 0 saturated carbocycles. The highest BCUT2D eigenvalue weighted by Gasteiger charge is 2.11. The second kappa shape index (κ2) is 7.66. The van der Waals surface area contributed by atoms with Crippen LogP contribution in [-0.4, -0.2) is 26.2 Å². The van der Waals surface area contributed by atoms with E-state index in [1.165, 1.54) is 25.3 Å². The fourth-order valence-electron chi connectivity index (χ4n) is 1.77. The zero-order valence-electron chi connectivity index (χ0n) is 11.9. The third-order valence-electron chi connectivity index (χ3n) is 2.89. The van der Waals surface area contributed by atoms with Crippen molar-refractivity contribution in [3.05, 3.63) is 58.9 Å². The summed E-state index contributed by atoms with van der Waals surface area (Å²) in [5.41, 5.74) is -0.0349. The van der Waals surface area contributed by atoms with Crippen molar-refractivity contribution in [2.45, 2.75) is 0 Å². The maximum atomic E-state index is 13.7. The molecule has 0 saturated heterocycles. The van der Waals surface area contributed by atoms with Gasteiger partial charge in [0.25, 0.3) is 5.91 Å². The molecular formula is C16H15ClFNO3. The second-order valence-corrected chi connectivity index (χ2v) is 4.84. The lowest BCUT2D eigenvalue weighted by Crippen LogP contribution is -2.28. The summed E-state index contributed by atoms with van der Waals surface area (Å²) < 4.78 is 24.0. The van der Waals surface area contributed by atoms with Crippen molar-refractivity contribution in [1.82, 2.24) is 5.32 Å². The molecule has 0 atom stereocenters. The maximum absolute atomic E-state index is 13.7. The van der Waals surface area contributed by atoms with Gasteiger partial charge < -0.3 is 14.8 Å². The van der Waals surface area contributed by atoms with Gasteiger partial charge in [0.2, 0.25) is 0 Å². The average molecular weight is 324 g/mol. The number of nitrogens with one attached hydrogen (secondary N) is 1. The molecule has 0 unspecified atom stereocenters. The zero-order chi connectivity index (χ0) is 15.9. The average Bonchev–Trinajstić information content (AvgIpc) is 2.52. The van der Waals surface area contributed by atoms with E-state index < -0.39 is 11.7 Å². The van der Waals surface area contributed by atoms with Crippen molar-refractivity contribution >= 4 is 17.5 Å². The van der Waals surface area contributed by atoms with Gasteiger partial charge in [0, 0.05) is 11.1 Å². The first-order chi connectivity index (χ1) is 10.6. The van der Waals surface area contributed by atoms with Crippen LogP contribution < -0.4 is 14.8 Å². The van der Waals surface area contributed by atoms with Gasteiger partial charge in [-0.15, -0.1) is 0 Å². The number of carbonyl (C=O) groups excluding carboxylic acids is 1. The van der Waals surface area contributed by atoms with Crippen molar-refractivity contribution in [2.75, 3.05) is 20.3 Å². The largest absolute Gasteiger partial charge is 0.497 e. The first-order valence-electron chi connectivity index (χ1n) is 6.60. The van der Waals surface area contributed by atoms with E-state index in [4.69, 9.17) is 21.1 Å². The molecule has 22 heavy (non-hydrogen) atoms. The van der Waals surface area contributed by atoms with E-state index in [-0.39, 0.29) is 18.7 Å². The lowest BCUT2D eigenvalue weighted by Gasteiger charge is -2.09. The van der Waals surface area contributed by atoms with Crippen LogP contribution >= 0.6 is 11.6 Å². The molecule has 0 heterocycles. The molecule has 116 valence electrons. The van der Waals surface area contributed by atoms with Crippen molar-refractivity contribution in [2.24, 2.45) is 0 Å². The van der Waals surface area contributed by atoms with Crippen LogP contribution in [-0.2, 0) is 0 Å². The van der Waals surface area contributed by atoms with Crippen molar-refractivity contribution in [1.29, 1.82) is 0 Å². The Hall–Kier alpha value is -2.27. The highest BCUT2D eigenvalue weighted by molar-refractivity contribution is 6.30. The summed E-state index contributed by atoms with van der Waals surface area (Å²) in [6.07, 6.45) is 0. The predicted molar refractivity (Wildman–Crippen MR) is 82.2 cm³/mol. The van der Waals surface area contributed by atoms with E-state index in [0.717, 1.165) is 0 Å². The van der Waals surface area contributed by atoms with Crippen LogP contribution in [0.5, 0.6) is 11.5 Å². The highest BCUT2D eigenvalue weighted by atomic mass is 35.5. The van der Waals surface area contributed by atoms with Crippen molar-refractivity contribution in [3.8, 4) is 11.5 Å². The topological polar surface area (TPSA) is 47.6 Å². The summed E-state index contributed by atoms with van der Waals surface area (Å²) in [5.74, 6) is -0.121. The van der Waals surface area contributed by atoms with Gasteiger partial charge >= 0.3 is 0 Å². The zero-order valence-corrected chi connectivity index (χ0v) is 12.7. The van der Waals surface area contributed by atoms with Crippen molar-refractivity contribution in [3.63, 3.8) is 0 Å². The van der Waals surface area contributed by atoms with Crippen molar-refractivity contribution < 1.29 is 18.7 Å². The minimum Gasteiger partial charge on any atom is -0.497 e. The lowest BCUT2D eigenvalue weighted by molar-refractivity contribution is 0.0943. The molecule has 6 heteroatoms. The Morgan fingerprint density at radius 2 is 1.86 bits per heavy atom. The Morgan fingerprint density at radius 1 is 1.18 bits per heavy atom. The van der Waals surface area contributed by atoms with E-state index in [0.29, 0.717) is 16.5 Å². The number of carbonyl (C=O) groups is 1. The molecule has 0 fully saturated rings. The van der Waals surface area contributed by atoms with Gasteiger partial charge in [-0.25, -0.2) is 4.39 Å². The van der Waals surface area contributed by atoms with Gasteiger partial charge in [0.1, 0.15) is 23.9 Å². The maximum Gasteiger partial charge on any atom is 0.254 e. The summed E-state index contributed by atoms with van der Waals surface area (Å²) >= 11 is 5.76.